The minimum atomic E-state index is -0.185. The topological polar surface area (TPSA) is 51.1 Å². The van der Waals surface area contributed by atoms with Gasteiger partial charge in [-0.25, -0.2) is 0 Å². The van der Waals surface area contributed by atoms with Gasteiger partial charge in [-0.05, 0) is 61.7 Å². The first-order valence-corrected chi connectivity index (χ1v) is 10.0. The van der Waals surface area contributed by atoms with Gasteiger partial charge in [-0.15, -0.1) is 0 Å². The quantitative estimate of drug-likeness (QED) is 0.436. The number of benzene rings is 2. The van der Waals surface area contributed by atoms with Crippen molar-refractivity contribution in [2.75, 3.05) is 18.7 Å². The average molecular weight is 413 g/mol. The molecule has 2 aromatic rings. The Morgan fingerprint density at radius 3 is 2.69 bits per heavy atom. The summed E-state index contributed by atoms with van der Waals surface area (Å²) >= 11 is 6.21. The van der Waals surface area contributed by atoms with Gasteiger partial charge in [0.2, 0.25) is 0 Å². The molecular weight excluding hydrogens is 388 g/mol. The lowest BCUT2D eigenvalue weighted by Gasteiger charge is -2.15. The summed E-state index contributed by atoms with van der Waals surface area (Å²) in [7, 11) is 1.61. The van der Waals surface area contributed by atoms with Gasteiger partial charge in [-0.2, -0.15) is 10.1 Å². The Bertz CT molecular complexity index is 982. The van der Waals surface area contributed by atoms with Crippen molar-refractivity contribution >= 4 is 35.0 Å². The lowest BCUT2D eigenvalue weighted by atomic mass is 10.1. The van der Waals surface area contributed by atoms with E-state index in [4.69, 9.17) is 21.1 Å². The molecule has 0 atom stereocenters. The number of carbonyl (C=O) groups excluding carboxylic acids is 1. The van der Waals surface area contributed by atoms with Crippen molar-refractivity contribution in [1.29, 1.82) is 0 Å². The number of hydrazone groups is 1. The molecular formula is C23H25ClN2O3. The number of halogens is 1. The molecule has 3 rings (SSSR count). The summed E-state index contributed by atoms with van der Waals surface area (Å²) in [5.41, 5.74) is 3.52. The second kappa shape index (κ2) is 9.14. The number of anilines is 1. The molecule has 0 fully saturated rings. The SMILES string of the molecule is CCCCOc1ccc(/C=C2/C(=O)N(c3cccc(Cl)c3C)N=C2C)cc1OC. The molecule has 0 saturated carbocycles. The van der Waals surface area contributed by atoms with E-state index in [0.29, 0.717) is 40.1 Å². The van der Waals surface area contributed by atoms with Gasteiger partial charge >= 0.3 is 0 Å². The van der Waals surface area contributed by atoms with E-state index in [0.717, 1.165) is 24.0 Å². The van der Waals surface area contributed by atoms with Crippen LogP contribution in [-0.2, 0) is 4.79 Å². The molecule has 0 N–H and O–H groups in total. The van der Waals surface area contributed by atoms with Crippen LogP contribution < -0.4 is 14.5 Å². The molecule has 5 nitrogen and oxygen atoms in total. The summed E-state index contributed by atoms with van der Waals surface area (Å²) in [4.78, 5) is 13.0. The Labute approximate surface area is 176 Å². The van der Waals surface area contributed by atoms with Gasteiger partial charge < -0.3 is 9.47 Å². The van der Waals surface area contributed by atoms with Crippen molar-refractivity contribution in [1.82, 2.24) is 0 Å². The summed E-state index contributed by atoms with van der Waals surface area (Å²) in [6.45, 7) is 6.46. The summed E-state index contributed by atoms with van der Waals surface area (Å²) in [6, 6.07) is 11.1. The van der Waals surface area contributed by atoms with Crippen LogP contribution in [0.5, 0.6) is 11.5 Å². The fourth-order valence-corrected chi connectivity index (χ4v) is 3.23. The van der Waals surface area contributed by atoms with Crippen molar-refractivity contribution in [3.63, 3.8) is 0 Å². The Balaban J connectivity index is 1.88. The molecule has 1 amide bonds. The monoisotopic (exact) mass is 412 g/mol. The minimum Gasteiger partial charge on any atom is -0.493 e. The number of methoxy groups -OCH3 is 1. The third-order valence-corrected chi connectivity index (χ3v) is 5.19. The van der Waals surface area contributed by atoms with Crippen molar-refractivity contribution in [2.45, 2.75) is 33.6 Å². The van der Waals surface area contributed by atoms with E-state index in [-0.39, 0.29) is 5.91 Å². The molecule has 1 aliphatic heterocycles. The first-order chi connectivity index (χ1) is 14.0. The number of hydrogen-bond donors (Lipinski definition) is 0. The molecule has 0 bridgehead atoms. The Hall–Kier alpha value is -2.79. The largest absolute Gasteiger partial charge is 0.493 e. The highest BCUT2D eigenvalue weighted by Gasteiger charge is 2.30. The highest BCUT2D eigenvalue weighted by atomic mass is 35.5. The highest BCUT2D eigenvalue weighted by Crippen LogP contribution is 2.33. The van der Waals surface area contributed by atoms with E-state index < -0.39 is 0 Å². The molecule has 0 unspecified atom stereocenters. The van der Waals surface area contributed by atoms with E-state index in [9.17, 15) is 4.79 Å². The summed E-state index contributed by atoms with van der Waals surface area (Å²) in [5.74, 6) is 1.15. The van der Waals surface area contributed by atoms with Crippen LogP contribution in [0, 0.1) is 6.92 Å². The van der Waals surface area contributed by atoms with E-state index in [2.05, 4.69) is 12.0 Å². The van der Waals surface area contributed by atoms with Crippen molar-refractivity contribution < 1.29 is 14.3 Å². The normalized spacial score (nSPS) is 15.1. The molecule has 1 aliphatic rings. The van der Waals surface area contributed by atoms with E-state index in [1.165, 1.54) is 5.01 Å². The summed E-state index contributed by atoms with van der Waals surface area (Å²) in [5, 5.41) is 6.45. The van der Waals surface area contributed by atoms with Crippen LogP contribution in [0.2, 0.25) is 5.02 Å². The van der Waals surface area contributed by atoms with Gasteiger partial charge in [-0.1, -0.05) is 37.1 Å². The number of unbranched alkanes of at least 4 members (excludes halogenated alkanes) is 1. The van der Waals surface area contributed by atoms with Crippen LogP contribution in [0.1, 0.15) is 37.8 Å². The summed E-state index contributed by atoms with van der Waals surface area (Å²) < 4.78 is 11.2. The smallest absolute Gasteiger partial charge is 0.280 e. The number of amides is 1. The lowest BCUT2D eigenvalue weighted by Crippen LogP contribution is -2.22. The number of carbonyl (C=O) groups is 1. The van der Waals surface area contributed by atoms with Crippen LogP contribution in [0.3, 0.4) is 0 Å². The maximum Gasteiger partial charge on any atom is 0.280 e. The van der Waals surface area contributed by atoms with Gasteiger partial charge in [-0.3, -0.25) is 4.79 Å². The van der Waals surface area contributed by atoms with Crippen LogP contribution in [0.15, 0.2) is 47.1 Å². The molecule has 1 heterocycles. The van der Waals surface area contributed by atoms with Crippen LogP contribution in [-0.4, -0.2) is 25.3 Å². The van der Waals surface area contributed by atoms with E-state index in [1.54, 1.807) is 13.2 Å². The third-order valence-electron chi connectivity index (χ3n) is 4.78. The second-order valence-electron chi connectivity index (χ2n) is 6.86. The number of nitrogens with zero attached hydrogens (tertiary/aromatic N) is 2. The average Bonchev–Trinajstić information content (AvgIpc) is 2.99. The molecule has 6 heteroatoms. The fraction of sp³-hybridized carbons (Fsp3) is 0.304. The van der Waals surface area contributed by atoms with Crippen molar-refractivity contribution in [2.24, 2.45) is 5.10 Å². The highest BCUT2D eigenvalue weighted by molar-refractivity contribution is 6.34. The zero-order valence-electron chi connectivity index (χ0n) is 17.2. The lowest BCUT2D eigenvalue weighted by molar-refractivity contribution is -0.114. The number of ether oxygens (including phenoxy) is 2. The van der Waals surface area contributed by atoms with E-state index >= 15 is 0 Å². The molecule has 29 heavy (non-hydrogen) atoms. The Kier molecular flexibility index (Phi) is 6.60. The van der Waals surface area contributed by atoms with Crippen molar-refractivity contribution in [3.8, 4) is 11.5 Å². The Morgan fingerprint density at radius 1 is 1.17 bits per heavy atom. The maximum absolute atomic E-state index is 13.0. The fourth-order valence-electron chi connectivity index (χ4n) is 3.06. The molecule has 152 valence electrons. The first-order valence-electron chi connectivity index (χ1n) is 9.64. The Morgan fingerprint density at radius 2 is 1.97 bits per heavy atom. The van der Waals surface area contributed by atoms with Crippen LogP contribution >= 0.6 is 11.6 Å². The predicted octanol–water partition coefficient (Wildman–Crippen LogP) is 5.64. The standard InChI is InChI=1S/C23H25ClN2O3/c1-5-6-12-29-21-11-10-17(14-22(21)28-4)13-18-16(3)25-26(23(18)27)20-9-7-8-19(24)15(20)2/h7-11,13-14H,5-6,12H2,1-4H3/b18-13+. The van der Waals surface area contributed by atoms with Gasteiger partial charge in [0.1, 0.15) is 0 Å². The molecule has 0 radical (unpaired) electrons. The van der Waals surface area contributed by atoms with Gasteiger partial charge in [0.05, 0.1) is 30.7 Å². The number of rotatable bonds is 7. The number of hydrogen-bond acceptors (Lipinski definition) is 4. The maximum atomic E-state index is 13.0. The van der Waals surface area contributed by atoms with Gasteiger partial charge in [0.15, 0.2) is 11.5 Å². The zero-order valence-corrected chi connectivity index (χ0v) is 17.9. The minimum absolute atomic E-state index is 0.185. The van der Waals surface area contributed by atoms with Crippen molar-refractivity contribution in [3.05, 3.63) is 58.1 Å². The zero-order chi connectivity index (χ0) is 21.0. The molecule has 0 spiro atoms. The molecule has 2 aromatic carbocycles. The van der Waals surface area contributed by atoms with Crippen LogP contribution in [0.25, 0.3) is 6.08 Å². The molecule has 0 saturated heterocycles. The van der Waals surface area contributed by atoms with E-state index in [1.807, 2.05) is 50.3 Å². The third kappa shape index (κ3) is 4.46. The predicted molar refractivity (Wildman–Crippen MR) is 118 cm³/mol. The molecule has 0 aromatic heterocycles. The first kappa shape index (κ1) is 20.9. The van der Waals surface area contributed by atoms with Crippen LogP contribution in [0.4, 0.5) is 5.69 Å². The second-order valence-corrected chi connectivity index (χ2v) is 7.26. The van der Waals surface area contributed by atoms with Gasteiger partial charge in [0, 0.05) is 5.02 Å². The molecule has 0 aliphatic carbocycles. The summed E-state index contributed by atoms with van der Waals surface area (Å²) in [6.07, 6.45) is 3.87. The van der Waals surface area contributed by atoms with Gasteiger partial charge in [0.25, 0.3) is 5.91 Å².